The van der Waals surface area contributed by atoms with Crippen LogP contribution in [0, 0.1) is 5.92 Å². The van der Waals surface area contributed by atoms with Gasteiger partial charge >= 0.3 is 0 Å². The van der Waals surface area contributed by atoms with Crippen molar-refractivity contribution >= 4 is 16.3 Å². The number of furan rings is 1. The van der Waals surface area contributed by atoms with Gasteiger partial charge in [0.05, 0.1) is 0 Å². The third-order valence-electron chi connectivity index (χ3n) is 3.59. The summed E-state index contributed by atoms with van der Waals surface area (Å²) in [5, 5.41) is -0.210. The number of hydrogen-bond donors (Lipinski definition) is 1. The summed E-state index contributed by atoms with van der Waals surface area (Å²) in [4.78, 5) is 12.8. The van der Waals surface area contributed by atoms with Gasteiger partial charge in [0.15, 0.2) is 12.0 Å². The van der Waals surface area contributed by atoms with Gasteiger partial charge in [-0.25, -0.2) is 13.1 Å². The van der Waals surface area contributed by atoms with Gasteiger partial charge in [-0.1, -0.05) is 0 Å². The lowest BCUT2D eigenvalue weighted by Gasteiger charge is -2.20. The third-order valence-corrected chi connectivity index (χ3v) is 4.89. The van der Waals surface area contributed by atoms with Crippen LogP contribution >= 0.6 is 0 Å². The monoisotopic (exact) mass is 300 g/mol. The Morgan fingerprint density at radius 1 is 1.50 bits per heavy atom. The molecule has 6 nitrogen and oxygen atoms in total. The van der Waals surface area contributed by atoms with Crippen LogP contribution < -0.4 is 4.72 Å². The highest BCUT2D eigenvalue weighted by atomic mass is 32.2. The lowest BCUT2D eigenvalue weighted by Crippen LogP contribution is -2.32. The summed E-state index contributed by atoms with van der Waals surface area (Å²) in [6, 6.07) is 3.12. The topological polar surface area (TPSA) is 79.6 Å². The van der Waals surface area contributed by atoms with Crippen LogP contribution in [0.4, 0.5) is 0 Å². The average molecular weight is 300 g/mol. The van der Waals surface area contributed by atoms with Gasteiger partial charge in [0.25, 0.3) is 10.0 Å². The fourth-order valence-electron chi connectivity index (χ4n) is 2.34. The van der Waals surface area contributed by atoms with Gasteiger partial charge in [0.2, 0.25) is 5.09 Å². The molecule has 1 saturated heterocycles. The van der Waals surface area contributed by atoms with Gasteiger partial charge in [-0.3, -0.25) is 4.79 Å². The first-order valence-corrected chi connectivity index (χ1v) is 8.19. The van der Waals surface area contributed by atoms with E-state index in [1.54, 1.807) is 0 Å². The number of aldehydes is 1. The van der Waals surface area contributed by atoms with E-state index in [4.69, 9.17) is 4.42 Å². The highest BCUT2D eigenvalue weighted by molar-refractivity contribution is 7.89. The standard InChI is InChI=1S/C13H20N2O4S/c1-10(2)15-6-5-11(8-15)7-14-20(17,18)13-4-3-12(9-16)19-13/h3-4,9-11,14H,5-8H2,1-2H3. The van der Waals surface area contributed by atoms with Gasteiger partial charge in [0, 0.05) is 19.1 Å². The fraction of sp³-hybridized carbons (Fsp3) is 0.615. The van der Waals surface area contributed by atoms with Crippen LogP contribution in [-0.4, -0.2) is 45.3 Å². The minimum atomic E-state index is -3.67. The number of carbonyl (C=O) groups excluding carboxylic acids is 1. The number of nitrogens with zero attached hydrogens (tertiary/aromatic N) is 1. The molecule has 0 radical (unpaired) electrons. The number of carbonyl (C=O) groups is 1. The Kier molecular flexibility index (Phi) is 4.62. The summed E-state index contributed by atoms with van der Waals surface area (Å²) in [6.07, 6.45) is 1.47. The van der Waals surface area contributed by atoms with E-state index in [1.807, 2.05) is 0 Å². The molecule has 0 aromatic carbocycles. The molecular weight excluding hydrogens is 280 g/mol. The second kappa shape index (κ2) is 6.07. The van der Waals surface area contributed by atoms with E-state index in [-0.39, 0.29) is 10.9 Å². The molecule has 0 aliphatic carbocycles. The van der Waals surface area contributed by atoms with E-state index in [2.05, 4.69) is 23.5 Å². The first kappa shape index (κ1) is 15.2. The third kappa shape index (κ3) is 3.47. The van der Waals surface area contributed by atoms with Crippen molar-refractivity contribution in [3.8, 4) is 0 Å². The quantitative estimate of drug-likeness (QED) is 0.796. The van der Waals surface area contributed by atoms with E-state index in [9.17, 15) is 13.2 Å². The summed E-state index contributed by atoms with van der Waals surface area (Å²) in [6.45, 7) is 6.56. The van der Waals surface area contributed by atoms with Crippen molar-refractivity contribution < 1.29 is 17.6 Å². The summed E-state index contributed by atoms with van der Waals surface area (Å²) < 4.78 is 31.5. The van der Waals surface area contributed by atoms with Gasteiger partial charge in [-0.05, 0) is 44.9 Å². The van der Waals surface area contributed by atoms with Crippen molar-refractivity contribution in [2.24, 2.45) is 5.92 Å². The number of nitrogens with one attached hydrogen (secondary N) is 1. The maximum Gasteiger partial charge on any atom is 0.273 e. The largest absolute Gasteiger partial charge is 0.440 e. The van der Waals surface area contributed by atoms with Gasteiger partial charge in [-0.2, -0.15) is 0 Å². The Morgan fingerprint density at radius 2 is 2.25 bits per heavy atom. The molecule has 112 valence electrons. The molecule has 1 aromatic heterocycles. The Bertz CT molecular complexity index is 565. The van der Waals surface area contributed by atoms with Crippen LogP contribution in [0.15, 0.2) is 21.6 Å². The predicted octanol–water partition coefficient (Wildman–Crippen LogP) is 1.10. The number of likely N-dealkylation sites (tertiary alicyclic amines) is 1. The van der Waals surface area contributed by atoms with Crippen LogP contribution in [-0.2, 0) is 10.0 Å². The van der Waals surface area contributed by atoms with Crippen molar-refractivity contribution in [3.05, 3.63) is 17.9 Å². The van der Waals surface area contributed by atoms with E-state index >= 15 is 0 Å². The summed E-state index contributed by atoms with van der Waals surface area (Å²) in [5.74, 6) is 0.324. The molecule has 20 heavy (non-hydrogen) atoms. The zero-order valence-corrected chi connectivity index (χ0v) is 12.5. The maximum atomic E-state index is 12.0. The van der Waals surface area contributed by atoms with Crippen molar-refractivity contribution in [1.29, 1.82) is 0 Å². The van der Waals surface area contributed by atoms with Crippen LogP contribution in [0.2, 0.25) is 0 Å². The maximum absolute atomic E-state index is 12.0. The predicted molar refractivity (Wildman–Crippen MR) is 74.1 cm³/mol. The number of hydrogen-bond acceptors (Lipinski definition) is 5. The molecule has 0 bridgehead atoms. The smallest absolute Gasteiger partial charge is 0.273 e. The molecule has 1 atom stereocenters. The van der Waals surface area contributed by atoms with Crippen LogP contribution in [0.25, 0.3) is 0 Å². The minimum absolute atomic E-state index is 0.0113. The van der Waals surface area contributed by atoms with Gasteiger partial charge in [0.1, 0.15) is 0 Å². The zero-order valence-electron chi connectivity index (χ0n) is 11.7. The van der Waals surface area contributed by atoms with E-state index in [0.717, 1.165) is 19.5 Å². The molecule has 1 aliphatic heterocycles. The first-order valence-electron chi connectivity index (χ1n) is 6.71. The second-order valence-electron chi connectivity index (χ2n) is 5.37. The molecule has 1 fully saturated rings. The van der Waals surface area contributed by atoms with Crippen LogP contribution in [0.3, 0.4) is 0 Å². The SMILES string of the molecule is CC(C)N1CCC(CNS(=O)(=O)c2ccc(C=O)o2)C1. The lowest BCUT2D eigenvalue weighted by atomic mass is 10.1. The highest BCUT2D eigenvalue weighted by Crippen LogP contribution is 2.19. The summed E-state index contributed by atoms with van der Waals surface area (Å²) in [5.41, 5.74) is 0. The highest BCUT2D eigenvalue weighted by Gasteiger charge is 2.26. The molecule has 1 aliphatic rings. The molecule has 7 heteroatoms. The molecule has 0 spiro atoms. The molecule has 1 N–H and O–H groups in total. The second-order valence-corrected chi connectivity index (χ2v) is 7.07. The number of rotatable bonds is 6. The Balaban J connectivity index is 1.92. The Morgan fingerprint density at radius 3 is 2.80 bits per heavy atom. The Labute approximate surface area is 119 Å². The van der Waals surface area contributed by atoms with Crippen molar-refractivity contribution in [1.82, 2.24) is 9.62 Å². The molecule has 2 heterocycles. The van der Waals surface area contributed by atoms with E-state index < -0.39 is 10.0 Å². The fourth-order valence-corrected chi connectivity index (χ4v) is 3.39. The summed E-state index contributed by atoms with van der Waals surface area (Å²) in [7, 11) is -3.67. The van der Waals surface area contributed by atoms with Crippen molar-refractivity contribution in [2.75, 3.05) is 19.6 Å². The molecule has 0 saturated carbocycles. The van der Waals surface area contributed by atoms with Crippen molar-refractivity contribution in [3.63, 3.8) is 0 Å². The molecular formula is C13H20N2O4S. The summed E-state index contributed by atoms with van der Waals surface area (Å²) >= 11 is 0. The molecule has 0 amide bonds. The normalized spacial score (nSPS) is 20.6. The van der Waals surface area contributed by atoms with Gasteiger partial charge < -0.3 is 9.32 Å². The number of sulfonamides is 1. The lowest BCUT2D eigenvalue weighted by molar-refractivity contribution is 0.109. The van der Waals surface area contributed by atoms with Crippen molar-refractivity contribution in [2.45, 2.75) is 31.4 Å². The molecule has 1 aromatic rings. The van der Waals surface area contributed by atoms with E-state index in [1.165, 1.54) is 12.1 Å². The first-order chi connectivity index (χ1) is 9.42. The molecule has 1 unspecified atom stereocenters. The average Bonchev–Trinajstić information content (AvgIpc) is 3.05. The van der Waals surface area contributed by atoms with Crippen LogP contribution in [0.1, 0.15) is 30.8 Å². The minimum Gasteiger partial charge on any atom is -0.440 e. The van der Waals surface area contributed by atoms with E-state index in [0.29, 0.717) is 24.8 Å². The Hall–Kier alpha value is -1.18. The zero-order chi connectivity index (χ0) is 14.8. The van der Waals surface area contributed by atoms with Gasteiger partial charge in [-0.15, -0.1) is 0 Å². The molecule has 2 rings (SSSR count). The van der Waals surface area contributed by atoms with Crippen LogP contribution in [0.5, 0.6) is 0 Å².